The van der Waals surface area contributed by atoms with Gasteiger partial charge < -0.3 is 10.8 Å². The Morgan fingerprint density at radius 2 is 1.95 bits per heavy atom. The molecule has 0 spiro atoms. The second kappa shape index (κ2) is 7.77. The fraction of sp³-hybridized carbons (Fsp3) is 0.647. The maximum absolute atomic E-state index is 9.25. The summed E-state index contributed by atoms with van der Waals surface area (Å²) >= 11 is 0. The Morgan fingerprint density at radius 1 is 1.25 bits per heavy atom. The van der Waals surface area contributed by atoms with Gasteiger partial charge in [0, 0.05) is 25.2 Å². The lowest BCUT2D eigenvalue weighted by atomic mass is 9.99. The van der Waals surface area contributed by atoms with Crippen LogP contribution in [0.1, 0.15) is 49.3 Å². The fourth-order valence-corrected chi connectivity index (χ4v) is 3.34. The Morgan fingerprint density at radius 3 is 2.60 bits per heavy atom. The molecule has 3 heteroatoms. The molecular weight excluding hydrogens is 248 g/mol. The first-order chi connectivity index (χ1) is 9.72. The van der Waals surface area contributed by atoms with Crippen LogP contribution < -0.4 is 5.73 Å². The van der Waals surface area contributed by atoms with Gasteiger partial charge in [-0.2, -0.15) is 0 Å². The van der Waals surface area contributed by atoms with Gasteiger partial charge in [0.2, 0.25) is 0 Å². The Kier molecular flexibility index (Phi) is 6.02. The van der Waals surface area contributed by atoms with Crippen LogP contribution in [0.5, 0.6) is 0 Å². The van der Waals surface area contributed by atoms with Gasteiger partial charge in [0.25, 0.3) is 0 Å². The van der Waals surface area contributed by atoms with E-state index in [1.807, 2.05) is 0 Å². The minimum atomic E-state index is 0.0961. The predicted octanol–water partition coefficient (Wildman–Crippen LogP) is 2.62. The minimum absolute atomic E-state index is 0.0961. The number of nitrogens with two attached hydrogens (primary N) is 1. The molecule has 0 bridgehead atoms. The summed E-state index contributed by atoms with van der Waals surface area (Å²) in [5.74, 6) is 0. The average Bonchev–Trinajstić information content (AvgIpc) is 2.97. The molecule has 1 saturated carbocycles. The number of hydrogen-bond donors (Lipinski definition) is 2. The van der Waals surface area contributed by atoms with Gasteiger partial charge in [0.05, 0.1) is 6.61 Å². The first kappa shape index (κ1) is 15.5. The van der Waals surface area contributed by atoms with E-state index in [0.29, 0.717) is 6.04 Å². The molecular formula is C17H28N2O. The lowest BCUT2D eigenvalue weighted by molar-refractivity contribution is 0.147. The van der Waals surface area contributed by atoms with Crippen molar-refractivity contribution in [3.63, 3.8) is 0 Å². The highest BCUT2D eigenvalue weighted by atomic mass is 16.3. The van der Waals surface area contributed by atoms with Crippen LogP contribution in [0.4, 0.5) is 0 Å². The number of hydrogen-bond acceptors (Lipinski definition) is 3. The summed E-state index contributed by atoms with van der Waals surface area (Å²) in [6.45, 7) is 4.14. The summed E-state index contributed by atoms with van der Waals surface area (Å²) in [6.07, 6.45) is 6.17. The SMILES string of the molecule is Cc1ccccc1C(N)CCN(CCO)C1CCCC1. The summed E-state index contributed by atoms with van der Waals surface area (Å²) in [4.78, 5) is 2.44. The van der Waals surface area contributed by atoms with Crippen molar-refractivity contribution >= 4 is 0 Å². The monoisotopic (exact) mass is 276 g/mol. The van der Waals surface area contributed by atoms with Crippen LogP contribution in [-0.4, -0.2) is 35.7 Å². The van der Waals surface area contributed by atoms with Crippen LogP contribution in [0.15, 0.2) is 24.3 Å². The van der Waals surface area contributed by atoms with Crippen molar-refractivity contribution in [3.8, 4) is 0 Å². The maximum Gasteiger partial charge on any atom is 0.0558 e. The molecule has 1 fully saturated rings. The van der Waals surface area contributed by atoms with Crippen LogP contribution in [0.2, 0.25) is 0 Å². The van der Waals surface area contributed by atoms with Gasteiger partial charge in [-0.3, -0.25) is 4.90 Å². The van der Waals surface area contributed by atoms with Crippen LogP contribution in [0, 0.1) is 6.92 Å². The second-order valence-electron chi connectivity index (χ2n) is 5.95. The van der Waals surface area contributed by atoms with Gasteiger partial charge in [-0.15, -0.1) is 0 Å². The third-order valence-corrected chi connectivity index (χ3v) is 4.54. The van der Waals surface area contributed by atoms with E-state index in [4.69, 9.17) is 5.73 Å². The molecule has 0 aromatic heterocycles. The smallest absolute Gasteiger partial charge is 0.0558 e. The highest BCUT2D eigenvalue weighted by molar-refractivity contribution is 5.28. The zero-order valence-corrected chi connectivity index (χ0v) is 12.6. The molecule has 0 heterocycles. The zero-order chi connectivity index (χ0) is 14.4. The number of aliphatic hydroxyl groups excluding tert-OH is 1. The third-order valence-electron chi connectivity index (χ3n) is 4.54. The van der Waals surface area contributed by atoms with Crippen molar-refractivity contribution in [1.29, 1.82) is 0 Å². The van der Waals surface area contributed by atoms with Gasteiger partial charge in [0.15, 0.2) is 0 Å². The van der Waals surface area contributed by atoms with Crippen molar-refractivity contribution in [2.75, 3.05) is 19.7 Å². The van der Waals surface area contributed by atoms with Crippen molar-refractivity contribution in [2.24, 2.45) is 5.73 Å². The number of rotatable bonds is 7. The van der Waals surface area contributed by atoms with E-state index in [1.165, 1.54) is 36.8 Å². The van der Waals surface area contributed by atoms with Crippen LogP contribution in [0.25, 0.3) is 0 Å². The van der Waals surface area contributed by atoms with Crippen molar-refractivity contribution in [2.45, 2.75) is 51.1 Å². The number of aliphatic hydroxyl groups is 1. The lowest BCUT2D eigenvalue weighted by Crippen LogP contribution is -2.37. The number of nitrogens with zero attached hydrogens (tertiary/aromatic N) is 1. The molecule has 1 aliphatic rings. The Bertz CT molecular complexity index is 402. The van der Waals surface area contributed by atoms with Gasteiger partial charge >= 0.3 is 0 Å². The van der Waals surface area contributed by atoms with Crippen molar-refractivity contribution in [3.05, 3.63) is 35.4 Å². The summed E-state index contributed by atoms with van der Waals surface area (Å²) in [7, 11) is 0. The summed E-state index contributed by atoms with van der Waals surface area (Å²) in [5, 5.41) is 9.25. The summed E-state index contributed by atoms with van der Waals surface area (Å²) < 4.78 is 0. The van der Waals surface area contributed by atoms with E-state index in [-0.39, 0.29) is 12.6 Å². The van der Waals surface area contributed by atoms with Gasteiger partial charge in [-0.05, 0) is 37.3 Å². The predicted molar refractivity (Wildman–Crippen MR) is 83.6 cm³/mol. The van der Waals surface area contributed by atoms with Crippen LogP contribution >= 0.6 is 0 Å². The molecule has 1 aliphatic carbocycles. The maximum atomic E-state index is 9.25. The standard InChI is InChI=1S/C17H28N2O/c1-14-6-2-5-9-16(14)17(18)10-11-19(12-13-20)15-7-3-4-8-15/h2,5-6,9,15,17,20H,3-4,7-8,10-13,18H2,1H3. The molecule has 3 nitrogen and oxygen atoms in total. The third kappa shape index (κ3) is 4.05. The molecule has 2 rings (SSSR count). The largest absolute Gasteiger partial charge is 0.395 e. The normalized spacial score (nSPS) is 17.8. The summed E-state index contributed by atoms with van der Waals surface area (Å²) in [6, 6.07) is 9.13. The second-order valence-corrected chi connectivity index (χ2v) is 5.95. The molecule has 1 unspecified atom stereocenters. The molecule has 1 aromatic carbocycles. The van der Waals surface area contributed by atoms with E-state index < -0.39 is 0 Å². The van der Waals surface area contributed by atoms with Crippen LogP contribution in [0.3, 0.4) is 0 Å². The first-order valence-electron chi connectivity index (χ1n) is 7.88. The van der Waals surface area contributed by atoms with Gasteiger partial charge in [0.1, 0.15) is 0 Å². The van der Waals surface area contributed by atoms with E-state index in [0.717, 1.165) is 19.5 Å². The Labute approximate surface area is 122 Å². The zero-order valence-electron chi connectivity index (χ0n) is 12.6. The topological polar surface area (TPSA) is 49.5 Å². The highest BCUT2D eigenvalue weighted by Gasteiger charge is 2.22. The molecule has 0 amide bonds. The van der Waals surface area contributed by atoms with E-state index >= 15 is 0 Å². The van der Waals surface area contributed by atoms with Gasteiger partial charge in [-0.1, -0.05) is 37.1 Å². The van der Waals surface area contributed by atoms with E-state index in [1.54, 1.807) is 0 Å². The Hall–Kier alpha value is -0.900. The molecule has 0 saturated heterocycles. The molecule has 3 N–H and O–H groups in total. The number of benzene rings is 1. The van der Waals surface area contributed by atoms with Crippen molar-refractivity contribution in [1.82, 2.24) is 4.90 Å². The first-order valence-corrected chi connectivity index (χ1v) is 7.88. The molecule has 112 valence electrons. The molecule has 1 aromatic rings. The molecule has 1 atom stereocenters. The molecule has 0 radical (unpaired) electrons. The average molecular weight is 276 g/mol. The van der Waals surface area contributed by atoms with Crippen LogP contribution in [-0.2, 0) is 0 Å². The van der Waals surface area contributed by atoms with Gasteiger partial charge in [-0.25, -0.2) is 0 Å². The minimum Gasteiger partial charge on any atom is -0.395 e. The van der Waals surface area contributed by atoms with E-state index in [9.17, 15) is 5.11 Å². The fourth-order valence-electron chi connectivity index (χ4n) is 3.34. The molecule has 0 aliphatic heterocycles. The highest BCUT2D eigenvalue weighted by Crippen LogP contribution is 2.25. The lowest BCUT2D eigenvalue weighted by Gasteiger charge is -2.29. The number of aryl methyl sites for hydroxylation is 1. The Balaban J connectivity index is 1.89. The molecule has 20 heavy (non-hydrogen) atoms. The van der Waals surface area contributed by atoms with E-state index in [2.05, 4.69) is 36.1 Å². The van der Waals surface area contributed by atoms with Crippen molar-refractivity contribution < 1.29 is 5.11 Å². The quantitative estimate of drug-likeness (QED) is 0.805. The summed E-state index contributed by atoms with van der Waals surface area (Å²) in [5.41, 5.74) is 8.88.